The van der Waals surface area contributed by atoms with Gasteiger partial charge < -0.3 is 9.84 Å². The molecule has 1 N–H and O–H groups in total. The fourth-order valence-corrected chi connectivity index (χ4v) is 1.60. The standard InChI is InChI=1S/C10H13N5O4/c1-4-19-9(17)6-11-5-7(13-12-6)14(2)10(18)15(3)8(5)16/h9,17H,4H2,1-3H3. The summed E-state index contributed by atoms with van der Waals surface area (Å²) < 4.78 is 6.98. The van der Waals surface area contributed by atoms with E-state index in [0.717, 1.165) is 9.13 Å². The topological polar surface area (TPSA) is 112 Å². The van der Waals surface area contributed by atoms with E-state index in [1.807, 2.05) is 0 Å². The first kappa shape index (κ1) is 13.3. The summed E-state index contributed by atoms with van der Waals surface area (Å²) in [5, 5.41) is 17.0. The molecule has 2 aromatic heterocycles. The van der Waals surface area contributed by atoms with Gasteiger partial charge in [-0.25, -0.2) is 9.78 Å². The van der Waals surface area contributed by atoms with Crippen LogP contribution in [-0.2, 0) is 18.8 Å². The van der Waals surface area contributed by atoms with Crippen LogP contribution in [0.2, 0.25) is 0 Å². The highest BCUT2D eigenvalue weighted by Gasteiger charge is 2.17. The predicted molar refractivity (Wildman–Crippen MR) is 64.4 cm³/mol. The number of nitrogens with zero attached hydrogens (tertiary/aromatic N) is 5. The van der Waals surface area contributed by atoms with E-state index in [9.17, 15) is 14.7 Å². The second kappa shape index (κ2) is 4.86. The lowest BCUT2D eigenvalue weighted by Gasteiger charge is -2.09. The Bertz CT molecular complexity index is 735. The Morgan fingerprint density at radius 3 is 2.58 bits per heavy atom. The van der Waals surface area contributed by atoms with E-state index < -0.39 is 17.5 Å². The summed E-state index contributed by atoms with van der Waals surface area (Å²) in [6.45, 7) is 1.95. The lowest BCUT2D eigenvalue weighted by atomic mass is 10.4. The van der Waals surface area contributed by atoms with Crippen LogP contribution in [0.25, 0.3) is 11.2 Å². The van der Waals surface area contributed by atoms with Gasteiger partial charge in [-0.15, -0.1) is 10.2 Å². The summed E-state index contributed by atoms with van der Waals surface area (Å²) in [6.07, 6.45) is -1.36. The molecule has 9 nitrogen and oxygen atoms in total. The maximum absolute atomic E-state index is 11.9. The summed E-state index contributed by atoms with van der Waals surface area (Å²) in [5.74, 6) is -0.120. The van der Waals surface area contributed by atoms with Crippen molar-refractivity contribution in [2.24, 2.45) is 14.1 Å². The van der Waals surface area contributed by atoms with Crippen molar-refractivity contribution in [3.63, 3.8) is 0 Å². The van der Waals surface area contributed by atoms with E-state index >= 15 is 0 Å². The quantitative estimate of drug-likeness (QED) is 0.670. The lowest BCUT2D eigenvalue weighted by Crippen LogP contribution is -2.38. The SMILES string of the molecule is CCOC(O)c1nnc2c(n1)c(=O)n(C)c(=O)n2C. The molecule has 0 radical (unpaired) electrons. The van der Waals surface area contributed by atoms with Crippen molar-refractivity contribution in [2.45, 2.75) is 13.2 Å². The molecule has 19 heavy (non-hydrogen) atoms. The summed E-state index contributed by atoms with van der Waals surface area (Å²) >= 11 is 0. The number of hydrogen-bond acceptors (Lipinski definition) is 7. The van der Waals surface area contributed by atoms with Crippen LogP contribution in [0, 0.1) is 0 Å². The van der Waals surface area contributed by atoms with Crippen molar-refractivity contribution < 1.29 is 9.84 Å². The van der Waals surface area contributed by atoms with Gasteiger partial charge in [0.25, 0.3) is 5.56 Å². The van der Waals surface area contributed by atoms with E-state index in [2.05, 4.69) is 15.2 Å². The van der Waals surface area contributed by atoms with Gasteiger partial charge in [-0.1, -0.05) is 0 Å². The number of aromatic nitrogens is 5. The Morgan fingerprint density at radius 2 is 1.95 bits per heavy atom. The smallest absolute Gasteiger partial charge is 0.332 e. The molecule has 0 aromatic carbocycles. The molecule has 0 aliphatic rings. The summed E-state index contributed by atoms with van der Waals surface area (Å²) in [4.78, 5) is 27.5. The molecule has 0 saturated carbocycles. The molecule has 0 bridgehead atoms. The molecule has 2 rings (SSSR count). The van der Waals surface area contributed by atoms with Gasteiger partial charge in [0.05, 0.1) is 0 Å². The molecule has 2 heterocycles. The Morgan fingerprint density at radius 1 is 1.26 bits per heavy atom. The fourth-order valence-electron chi connectivity index (χ4n) is 1.60. The van der Waals surface area contributed by atoms with Gasteiger partial charge >= 0.3 is 5.69 Å². The highest BCUT2D eigenvalue weighted by atomic mass is 16.6. The van der Waals surface area contributed by atoms with Gasteiger partial charge in [-0.2, -0.15) is 0 Å². The van der Waals surface area contributed by atoms with Gasteiger partial charge in [-0.3, -0.25) is 13.9 Å². The molecule has 0 aliphatic carbocycles. The highest BCUT2D eigenvalue weighted by molar-refractivity contribution is 5.67. The van der Waals surface area contributed by atoms with E-state index in [0.29, 0.717) is 0 Å². The largest absolute Gasteiger partial charge is 0.362 e. The average Bonchev–Trinajstić information content (AvgIpc) is 2.42. The molecule has 0 fully saturated rings. The van der Waals surface area contributed by atoms with E-state index in [-0.39, 0.29) is 23.6 Å². The van der Waals surface area contributed by atoms with Gasteiger partial charge in [0.15, 0.2) is 11.2 Å². The predicted octanol–water partition coefficient (Wildman–Crippen LogP) is -1.55. The normalized spacial score (nSPS) is 12.8. The van der Waals surface area contributed by atoms with Crippen molar-refractivity contribution >= 4 is 11.2 Å². The van der Waals surface area contributed by atoms with Gasteiger partial charge in [0.1, 0.15) is 0 Å². The molecular weight excluding hydrogens is 254 g/mol. The van der Waals surface area contributed by atoms with Crippen LogP contribution >= 0.6 is 0 Å². The second-order valence-electron chi connectivity index (χ2n) is 3.86. The number of rotatable bonds is 3. The minimum Gasteiger partial charge on any atom is -0.362 e. The molecule has 1 atom stereocenters. The Labute approximate surface area is 107 Å². The first-order valence-corrected chi connectivity index (χ1v) is 5.57. The van der Waals surface area contributed by atoms with Gasteiger partial charge in [0, 0.05) is 20.7 Å². The number of hydrogen-bond donors (Lipinski definition) is 1. The number of fused-ring (bicyclic) bond motifs is 1. The minimum atomic E-state index is -1.36. The van der Waals surface area contributed by atoms with Crippen molar-refractivity contribution in [3.8, 4) is 0 Å². The summed E-state index contributed by atoms with van der Waals surface area (Å²) in [7, 11) is 2.80. The summed E-state index contributed by atoms with van der Waals surface area (Å²) in [6, 6.07) is 0. The monoisotopic (exact) mass is 267 g/mol. The lowest BCUT2D eigenvalue weighted by molar-refractivity contribution is -0.104. The van der Waals surface area contributed by atoms with Crippen LogP contribution < -0.4 is 11.2 Å². The van der Waals surface area contributed by atoms with Crippen LogP contribution in [0.1, 0.15) is 19.0 Å². The van der Waals surface area contributed by atoms with Crippen molar-refractivity contribution in [1.82, 2.24) is 24.3 Å². The fraction of sp³-hybridized carbons (Fsp3) is 0.500. The number of aryl methyl sites for hydroxylation is 1. The van der Waals surface area contributed by atoms with Crippen LogP contribution in [-0.4, -0.2) is 36.0 Å². The van der Waals surface area contributed by atoms with E-state index in [1.54, 1.807) is 6.92 Å². The number of ether oxygens (including phenoxy) is 1. The second-order valence-corrected chi connectivity index (χ2v) is 3.86. The molecule has 2 aromatic rings. The van der Waals surface area contributed by atoms with Crippen LogP contribution in [0.4, 0.5) is 0 Å². The molecule has 9 heteroatoms. The van der Waals surface area contributed by atoms with E-state index in [1.165, 1.54) is 14.1 Å². The third kappa shape index (κ3) is 2.13. The zero-order chi connectivity index (χ0) is 14.2. The highest BCUT2D eigenvalue weighted by Crippen LogP contribution is 2.09. The molecule has 0 aliphatic heterocycles. The zero-order valence-electron chi connectivity index (χ0n) is 10.7. The molecule has 1 unspecified atom stereocenters. The first-order valence-electron chi connectivity index (χ1n) is 5.57. The van der Waals surface area contributed by atoms with Crippen molar-refractivity contribution in [2.75, 3.05) is 6.61 Å². The minimum absolute atomic E-state index is 0.0478. The maximum Gasteiger partial charge on any atom is 0.332 e. The molecule has 102 valence electrons. The third-order valence-corrected chi connectivity index (χ3v) is 2.63. The molecule has 0 amide bonds. The average molecular weight is 267 g/mol. The Hall–Kier alpha value is -2.13. The van der Waals surface area contributed by atoms with E-state index in [4.69, 9.17) is 4.74 Å². The van der Waals surface area contributed by atoms with Gasteiger partial charge in [-0.05, 0) is 6.92 Å². The summed E-state index contributed by atoms with van der Waals surface area (Å²) in [5.41, 5.74) is -1.11. The van der Waals surface area contributed by atoms with Crippen LogP contribution in [0.15, 0.2) is 9.59 Å². The number of aliphatic hydroxyl groups is 1. The Kier molecular flexibility index (Phi) is 3.40. The van der Waals surface area contributed by atoms with Crippen molar-refractivity contribution in [3.05, 3.63) is 26.7 Å². The number of aliphatic hydroxyl groups excluding tert-OH is 1. The zero-order valence-corrected chi connectivity index (χ0v) is 10.7. The maximum atomic E-state index is 11.9. The van der Waals surface area contributed by atoms with Crippen LogP contribution in [0.3, 0.4) is 0 Å². The van der Waals surface area contributed by atoms with Gasteiger partial charge in [0.2, 0.25) is 12.1 Å². The van der Waals surface area contributed by atoms with Crippen LogP contribution in [0.5, 0.6) is 0 Å². The first-order chi connectivity index (χ1) is 8.97. The molecular formula is C10H13N5O4. The third-order valence-electron chi connectivity index (χ3n) is 2.63. The molecule has 0 spiro atoms. The van der Waals surface area contributed by atoms with Crippen molar-refractivity contribution in [1.29, 1.82) is 0 Å². The molecule has 0 saturated heterocycles. The Balaban J connectivity index is 2.74.